The van der Waals surface area contributed by atoms with Crippen molar-refractivity contribution in [3.05, 3.63) is 71.3 Å². The maximum Gasteiger partial charge on any atom is 0.251 e. The minimum absolute atomic E-state index is 0.155. The summed E-state index contributed by atoms with van der Waals surface area (Å²) in [7, 11) is -3.34. The van der Waals surface area contributed by atoms with Crippen molar-refractivity contribution in [1.29, 1.82) is 0 Å². The van der Waals surface area contributed by atoms with Crippen LogP contribution in [0.4, 0.5) is 11.4 Å². The van der Waals surface area contributed by atoms with Crippen molar-refractivity contribution < 1.29 is 17.9 Å². The summed E-state index contributed by atoms with van der Waals surface area (Å²) in [5.41, 5.74) is 3.99. The first-order chi connectivity index (χ1) is 15.7. The molecule has 1 aliphatic heterocycles. The highest BCUT2D eigenvalue weighted by atomic mass is 32.2. The summed E-state index contributed by atoms with van der Waals surface area (Å²) in [5, 5.41) is 5.14. The monoisotopic (exact) mass is 467 g/mol. The van der Waals surface area contributed by atoms with Gasteiger partial charge < -0.3 is 15.0 Å². The van der Waals surface area contributed by atoms with E-state index in [1.807, 2.05) is 44.2 Å². The summed E-state index contributed by atoms with van der Waals surface area (Å²) < 4.78 is 30.9. The van der Waals surface area contributed by atoms with Crippen LogP contribution in [0.3, 0.4) is 0 Å². The minimum atomic E-state index is -3.34. The molecule has 1 atom stereocenters. The van der Waals surface area contributed by atoms with E-state index >= 15 is 0 Å². The molecule has 0 radical (unpaired) electrons. The summed E-state index contributed by atoms with van der Waals surface area (Å²) in [6.45, 7) is 6.99. The number of ether oxygens (including phenoxy) is 1. The Balaban J connectivity index is 1.47. The zero-order valence-electron chi connectivity index (χ0n) is 19.1. The molecule has 0 saturated carbocycles. The lowest BCUT2D eigenvalue weighted by Gasteiger charge is -2.29. The lowest BCUT2D eigenvalue weighted by Crippen LogP contribution is -2.36. The summed E-state index contributed by atoms with van der Waals surface area (Å²) in [6, 6.07) is 17.2. The number of hydrogen-bond acceptors (Lipinski definition) is 5. The topological polar surface area (TPSA) is 87.7 Å². The van der Waals surface area contributed by atoms with E-state index in [2.05, 4.69) is 33.1 Å². The molecule has 0 aromatic heterocycles. The fourth-order valence-electron chi connectivity index (χ4n) is 4.03. The average molecular weight is 468 g/mol. The van der Waals surface area contributed by atoms with Crippen molar-refractivity contribution >= 4 is 38.1 Å². The van der Waals surface area contributed by atoms with Crippen LogP contribution in [0, 0.1) is 6.92 Å². The summed E-state index contributed by atoms with van der Waals surface area (Å²) in [6.07, 6.45) is 1.12. The third-order valence-corrected chi connectivity index (χ3v) is 6.45. The van der Waals surface area contributed by atoms with Gasteiger partial charge in [0.05, 0.1) is 31.2 Å². The van der Waals surface area contributed by atoms with Gasteiger partial charge >= 0.3 is 0 Å². The van der Waals surface area contributed by atoms with Crippen molar-refractivity contribution in [2.75, 3.05) is 42.2 Å². The average Bonchev–Trinajstić information content (AvgIpc) is 2.79. The van der Waals surface area contributed by atoms with E-state index in [4.69, 9.17) is 4.74 Å². The molecule has 8 heteroatoms. The van der Waals surface area contributed by atoms with Crippen LogP contribution in [0.5, 0.6) is 0 Å². The van der Waals surface area contributed by atoms with Crippen LogP contribution in [0.1, 0.15) is 34.5 Å². The van der Waals surface area contributed by atoms with Gasteiger partial charge in [0.15, 0.2) is 0 Å². The molecule has 1 heterocycles. The first-order valence-corrected chi connectivity index (χ1v) is 12.8. The predicted octanol–water partition coefficient (Wildman–Crippen LogP) is 3.85. The molecule has 0 unspecified atom stereocenters. The van der Waals surface area contributed by atoms with E-state index in [0.29, 0.717) is 11.3 Å². The Bertz CT molecular complexity index is 1280. The van der Waals surface area contributed by atoms with E-state index < -0.39 is 10.0 Å². The van der Waals surface area contributed by atoms with E-state index in [-0.39, 0.29) is 11.9 Å². The van der Waals surface area contributed by atoms with Crippen LogP contribution in [0.15, 0.2) is 54.6 Å². The Morgan fingerprint density at radius 2 is 1.70 bits per heavy atom. The molecule has 33 heavy (non-hydrogen) atoms. The van der Waals surface area contributed by atoms with Crippen LogP contribution in [0.2, 0.25) is 0 Å². The number of carbonyl (C=O) groups excluding carboxylic acids is 1. The molecular formula is C25H29N3O4S. The first-order valence-electron chi connectivity index (χ1n) is 11.0. The van der Waals surface area contributed by atoms with Crippen molar-refractivity contribution in [2.45, 2.75) is 19.9 Å². The Labute approximate surface area is 194 Å². The molecule has 7 nitrogen and oxygen atoms in total. The summed E-state index contributed by atoms with van der Waals surface area (Å²) in [5.74, 6) is -0.155. The number of fused-ring (bicyclic) bond motifs is 1. The van der Waals surface area contributed by atoms with Gasteiger partial charge in [-0.05, 0) is 66.1 Å². The standard InChI is InChI=1S/C25H29N3O4S/c1-17-14-19(7-9-24(17)27-33(3,30)31)18(2)26-25(29)22-5-4-21-16-23(8-6-20(21)15-22)28-10-12-32-13-11-28/h4-9,14-16,18,27H,10-13H2,1-3H3,(H,26,29)/t18-/m1/s1. The number of rotatable bonds is 6. The lowest BCUT2D eigenvalue weighted by molar-refractivity contribution is 0.0940. The minimum Gasteiger partial charge on any atom is -0.378 e. The quantitative estimate of drug-likeness (QED) is 0.575. The number of nitrogens with one attached hydrogen (secondary N) is 2. The third kappa shape index (κ3) is 5.64. The Hall–Kier alpha value is -3.10. The van der Waals surface area contributed by atoms with Crippen LogP contribution in [-0.4, -0.2) is 46.9 Å². The molecule has 3 aromatic rings. The highest BCUT2D eigenvalue weighted by molar-refractivity contribution is 7.92. The first kappa shape index (κ1) is 23.1. The van der Waals surface area contributed by atoms with Gasteiger partial charge in [0.25, 0.3) is 5.91 Å². The molecule has 4 rings (SSSR count). The fraction of sp³-hybridized carbons (Fsp3) is 0.320. The molecule has 1 aliphatic rings. The van der Waals surface area contributed by atoms with E-state index in [1.165, 1.54) is 5.69 Å². The normalized spacial score (nSPS) is 15.3. The van der Waals surface area contributed by atoms with Crippen molar-refractivity contribution in [2.24, 2.45) is 0 Å². The zero-order valence-corrected chi connectivity index (χ0v) is 19.9. The second-order valence-electron chi connectivity index (χ2n) is 8.49. The number of nitrogens with zero attached hydrogens (tertiary/aromatic N) is 1. The van der Waals surface area contributed by atoms with Gasteiger partial charge in [-0.1, -0.05) is 24.3 Å². The largest absolute Gasteiger partial charge is 0.378 e. The van der Waals surface area contributed by atoms with Crippen molar-refractivity contribution in [1.82, 2.24) is 5.32 Å². The van der Waals surface area contributed by atoms with Crippen LogP contribution in [-0.2, 0) is 14.8 Å². The molecule has 1 fully saturated rings. The van der Waals surface area contributed by atoms with Gasteiger partial charge in [-0.15, -0.1) is 0 Å². The highest BCUT2D eigenvalue weighted by Crippen LogP contribution is 2.25. The number of sulfonamides is 1. The van der Waals surface area contributed by atoms with Crippen LogP contribution < -0.4 is 14.9 Å². The number of anilines is 2. The van der Waals surface area contributed by atoms with Gasteiger partial charge in [-0.25, -0.2) is 8.42 Å². The lowest BCUT2D eigenvalue weighted by atomic mass is 10.0. The van der Waals surface area contributed by atoms with Crippen molar-refractivity contribution in [3.8, 4) is 0 Å². The molecule has 174 valence electrons. The predicted molar refractivity (Wildman–Crippen MR) is 133 cm³/mol. The second kappa shape index (κ2) is 9.41. The van der Waals surface area contributed by atoms with Gasteiger partial charge in [0.2, 0.25) is 10.0 Å². The van der Waals surface area contributed by atoms with E-state index in [0.717, 1.165) is 54.5 Å². The number of benzene rings is 3. The Morgan fingerprint density at radius 1 is 1.00 bits per heavy atom. The molecule has 2 N–H and O–H groups in total. The van der Waals surface area contributed by atoms with E-state index in [9.17, 15) is 13.2 Å². The second-order valence-corrected chi connectivity index (χ2v) is 10.2. The number of amides is 1. The molecule has 1 saturated heterocycles. The highest BCUT2D eigenvalue weighted by Gasteiger charge is 2.15. The fourth-order valence-corrected chi connectivity index (χ4v) is 4.65. The third-order valence-electron chi connectivity index (χ3n) is 5.86. The van der Waals surface area contributed by atoms with Crippen LogP contribution >= 0.6 is 0 Å². The molecular weight excluding hydrogens is 438 g/mol. The Morgan fingerprint density at radius 3 is 2.39 bits per heavy atom. The van der Waals surface area contributed by atoms with Gasteiger partial charge in [0, 0.05) is 24.3 Å². The molecule has 0 aliphatic carbocycles. The molecule has 0 bridgehead atoms. The summed E-state index contributed by atoms with van der Waals surface area (Å²) >= 11 is 0. The summed E-state index contributed by atoms with van der Waals surface area (Å²) in [4.78, 5) is 15.2. The molecule has 3 aromatic carbocycles. The van der Waals surface area contributed by atoms with Crippen LogP contribution in [0.25, 0.3) is 10.8 Å². The SMILES string of the molecule is Cc1cc([C@@H](C)NC(=O)c2ccc3cc(N4CCOCC4)ccc3c2)ccc1NS(C)(=O)=O. The van der Waals surface area contributed by atoms with Crippen molar-refractivity contribution in [3.63, 3.8) is 0 Å². The number of aryl methyl sites for hydroxylation is 1. The van der Waals surface area contributed by atoms with Gasteiger partial charge in [0.1, 0.15) is 0 Å². The smallest absolute Gasteiger partial charge is 0.251 e. The number of carbonyl (C=O) groups is 1. The molecule has 0 spiro atoms. The Kier molecular flexibility index (Phi) is 6.58. The number of hydrogen-bond donors (Lipinski definition) is 2. The molecule has 1 amide bonds. The van der Waals surface area contributed by atoms with Gasteiger partial charge in [-0.3, -0.25) is 9.52 Å². The van der Waals surface area contributed by atoms with Gasteiger partial charge in [-0.2, -0.15) is 0 Å². The maximum atomic E-state index is 12.9. The maximum absolute atomic E-state index is 12.9. The number of morpholine rings is 1. The zero-order chi connectivity index (χ0) is 23.6. The van der Waals surface area contributed by atoms with E-state index in [1.54, 1.807) is 6.07 Å².